The van der Waals surface area contributed by atoms with Gasteiger partial charge in [-0.25, -0.2) is 8.42 Å². The number of halogens is 4. The van der Waals surface area contributed by atoms with Gasteiger partial charge in [-0.3, -0.25) is 9.10 Å². The number of carbonyl (C=O) groups excluding carboxylic acids is 1. The van der Waals surface area contributed by atoms with Crippen LogP contribution in [0.15, 0.2) is 59.5 Å². The number of aryl methyl sites for hydroxylation is 3. The Morgan fingerprint density at radius 2 is 1.61 bits per heavy atom. The molecule has 1 N–H and O–H groups in total. The molecule has 3 rings (SSSR count). The molecule has 0 spiro atoms. The Bertz CT molecular complexity index is 1390. The van der Waals surface area contributed by atoms with Gasteiger partial charge in [0.1, 0.15) is 17.2 Å². The molecule has 0 atom stereocenters. The lowest BCUT2D eigenvalue weighted by molar-refractivity contribution is -0.137. The highest BCUT2D eigenvalue weighted by Gasteiger charge is 2.34. The fourth-order valence-electron chi connectivity index (χ4n) is 3.67. The molecular formula is C25H24ClF3N2O4S. The number of ether oxygens (including phenoxy) is 1. The molecule has 0 aliphatic carbocycles. The van der Waals surface area contributed by atoms with E-state index in [2.05, 4.69) is 5.32 Å². The number of carbonyl (C=O) groups is 1. The molecule has 1 amide bonds. The van der Waals surface area contributed by atoms with E-state index in [1.165, 1.54) is 25.3 Å². The molecule has 0 radical (unpaired) electrons. The third-order valence-electron chi connectivity index (χ3n) is 5.22. The highest BCUT2D eigenvalue weighted by Crippen LogP contribution is 2.36. The molecule has 0 aliphatic heterocycles. The Balaban J connectivity index is 2.05. The molecular weight excluding hydrogens is 517 g/mol. The van der Waals surface area contributed by atoms with Crippen LogP contribution < -0.4 is 14.4 Å². The molecule has 0 saturated heterocycles. The summed E-state index contributed by atoms with van der Waals surface area (Å²) in [4.78, 5) is 12.8. The average Bonchev–Trinajstić information content (AvgIpc) is 2.77. The number of hydrogen-bond donors (Lipinski definition) is 1. The van der Waals surface area contributed by atoms with Crippen LogP contribution in [-0.2, 0) is 21.0 Å². The maximum atomic E-state index is 13.8. The number of nitrogens with zero attached hydrogens (tertiary/aromatic N) is 1. The second-order valence-corrected chi connectivity index (χ2v) is 10.5. The normalized spacial score (nSPS) is 11.8. The Morgan fingerprint density at radius 1 is 0.972 bits per heavy atom. The Morgan fingerprint density at radius 3 is 2.19 bits per heavy atom. The topological polar surface area (TPSA) is 75.7 Å². The first kappa shape index (κ1) is 27.3. The second kappa shape index (κ2) is 10.4. The lowest BCUT2D eigenvalue weighted by Crippen LogP contribution is -2.38. The Kier molecular flexibility index (Phi) is 7.90. The van der Waals surface area contributed by atoms with Gasteiger partial charge in [-0.1, -0.05) is 23.7 Å². The maximum Gasteiger partial charge on any atom is 0.417 e. The van der Waals surface area contributed by atoms with Crippen LogP contribution in [0.4, 0.5) is 24.5 Å². The molecule has 6 nitrogen and oxygen atoms in total. The monoisotopic (exact) mass is 540 g/mol. The maximum absolute atomic E-state index is 13.8. The van der Waals surface area contributed by atoms with E-state index in [4.69, 9.17) is 16.3 Å². The molecule has 3 aromatic carbocycles. The third-order valence-corrected chi connectivity index (χ3v) is 7.35. The first-order chi connectivity index (χ1) is 16.7. The van der Waals surface area contributed by atoms with Crippen LogP contribution in [0.1, 0.15) is 22.3 Å². The van der Waals surface area contributed by atoms with E-state index in [1.807, 2.05) is 6.07 Å². The zero-order valence-electron chi connectivity index (χ0n) is 19.9. The predicted molar refractivity (Wildman–Crippen MR) is 133 cm³/mol. The number of alkyl halides is 3. The minimum atomic E-state index is -4.73. The third kappa shape index (κ3) is 6.11. The molecule has 3 aromatic rings. The number of benzene rings is 3. The van der Waals surface area contributed by atoms with Crippen molar-refractivity contribution in [3.05, 3.63) is 81.9 Å². The van der Waals surface area contributed by atoms with E-state index in [0.717, 1.165) is 21.5 Å². The fourth-order valence-corrected chi connectivity index (χ4v) is 5.54. The largest absolute Gasteiger partial charge is 0.495 e. The van der Waals surface area contributed by atoms with Crippen LogP contribution in [0.2, 0.25) is 5.02 Å². The molecule has 0 saturated carbocycles. The summed E-state index contributed by atoms with van der Waals surface area (Å²) in [5, 5.41) is 1.82. The van der Waals surface area contributed by atoms with E-state index in [0.29, 0.717) is 11.6 Å². The SMILES string of the molecule is COc1ccc(C)cc1S(=O)(=O)N(CC(=O)Nc1ccc(Cl)c(C(F)(F)F)c1)c1cc(C)cc(C)c1. The molecule has 0 heterocycles. The van der Waals surface area contributed by atoms with Crippen molar-refractivity contribution in [1.82, 2.24) is 0 Å². The summed E-state index contributed by atoms with van der Waals surface area (Å²) in [6.45, 7) is 4.57. The van der Waals surface area contributed by atoms with Gasteiger partial charge in [-0.2, -0.15) is 13.2 Å². The quantitative estimate of drug-likeness (QED) is 0.391. The van der Waals surface area contributed by atoms with Crippen molar-refractivity contribution < 1.29 is 31.1 Å². The van der Waals surface area contributed by atoms with Crippen LogP contribution in [0, 0.1) is 20.8 Å². The van der Waals surface area contributed by atoms with Gasteiger partial charge in [-0.05, 0) is 79.9 Å². The van der Waals surface area contributed by atoms with E-state index >= 15 is 0 Å². The minimum Gasteiger partial charge on any atom is -0.495 e. The molecule has 0 fully saturated rings. The van der Waals surface area contributed by atoms with Crippen molar-refractivity contribution in [2.45, 2.75) is 31.8 Å². The van der Waals surface area contributed by atoms with Gasteiger partial charge in [0.05, 0.1) is 23.4 Å². The van der Waals surface area contributed by atoms with Gasteiger partial charge < -0.3 is 10.1 Å². The first-order valence-electron chi connectivity index (χ1n) is 10.6. The highest BCUT2D eigenvalue weighted by molar-refractivity contribution is 7.93. The number of anilines is 2. The summed E-state index contributed by atoms with van der Waals surface area (Å²) in [6.07, 6.45) is -4.73. The number of methoxy groups -OCH3 is 1. The predicted octanol–water partition coefficient (Wildman–Crippen LogP) is 6.13. The smallest absolute Gasteiger partial charge is 0.417 e. The van der Waals surface area contributed by atoms with Crippen molar-refractivity contribution in [2.75, 3.05) is 23.3 Å². The second-order valence-electron chi connectivity index (χ2n) is 8.25. The lowest BCUT2D eigenvalue weighted by atomic mass is 10.1. The molecule has 192 valence electrons. The summed E-state index contributed by atoms with van der Waals surface area (Å²) in [5.41, 5.74) is 1.09. The van der Waals surface area contributed by atoms with Gasteiger partial charge in [-0.15, -0.1) is 0 Å². The van der Waals surface area contributed by atoms with Gasteiger partial charge in [0.2, 0.25) is 5.91 Å². The van der Waals surface area contributed by atoms with Crippen LogP contribution in [-0.4, -0.2) is 28.0 Å². The Labute approximate surface area is 212 Å². The van der Waals surface area contributed by atoms with E-state index in [1.54, 1.807) is 39.0 Å². The molecule has 0 aliphatic rings. The Hall–Kier alpha value is -3.24. The van der Waals surface area contributed by atoms with Gasteiger partial charge >= 0.3 is 6.18 Å². The zero-order chi connectivity index (χ0) is 26.8. The summed E-state index contributed by atoms with van der Waals surface area (Å²) < 4.78 is 73.4. The summed E-state index contributed by atoms with van der Waals surface area (Å²) >= 11 is 5.65. The summed E-state index contributed by atoms with van der Waals surface area (Å²) in [7, 11) is -3.00. The van der Waals surface area contributed by atoms with Crippen molar-refractivity contribution in [1.29, 1.82) is 0 Å². The van der Waals surface area contributed by atoms with Crippen LogP contribution in [0.3, 0.4) is 0 Å². The number of nitrogens with one attached hydrogen (secondary N) is 1. The number of amides is 1. The number of hydrogen-bond acceptors (Lipinski definition) is 4. The van der Waals surface area contributed by atoms with Crippen molar-refractivity contribution >= 4 is 38.9 Å². The van der Waals surface area contributed by atoms with Crippen molar-refractivity contribution in [3.63, 3.8) is 0 Å². The van der Waals surface area contributed by atoms with Crippen molar-refractivity contribution in [2.24, 2.45) is 0 Å². The van der Waals surface area contributed by atoms with E-state index < -0.39 is 39.2 Å². The number of rotatable bonds is 7. The summed E-state index contributed by atoms with van der Waals surface area (Å²) in [6, 6.07) is 12.6. The van der Waals surface area contributed by atoms with Gasteiger partial charge in [0.15, 0.2) is 0 Å². The average molecular weight is 541 g/mol. The van der Waals surface area contributed by atoms with Crippen molar-refractivity contribution in [3.8, 4) is 5.75 Å². The van der Waals surface area contributed by atoms with Gasteiger partial charge in [0, 0.05) is 5.69 Å². The molecule has 0 aromatic heterocycles. The molecule has 0 unspecified atom stereocenters. The highest BCUT2D eigenvalue weighted by atomic mass is 35.5. The molecule has 0 bridgehead atoms. The summed E-state index contributed by atoms with van der Waals surface area (Å²) in [5.74, 6) is -0.761. The minimum absolute atomic E-state index is 0.0860. The molecule has 36 heavy (non-hydrogen) atoms. The van der Waals surface area contributed by atoms with Crippen LogP contribution in [0.25, 0.3) is 0 Å². The lowest BCUT2D eigenvalue weighted by Gasteiger charge is -2.26. The van der Waals surface area contributed by atoms with Crippen LogP contribution >= 0.6 is 11.6 Å². The van der Waals surface area contributed by atoms with Crippen LogP contribution in [0.5, 0.6) is 5.75 Å². The number of sulfonamides is 1. The molecule has 11 heteroatoms. The van der Waals surface area contributed by atoms with E-state index in [9.17, 15) is 26.4 Å². The fraction of sp³-hybridized carbons (Fsp3) is 0.240. The first-order valence-corrected chi connectivity index (χ1v) is 12.5. The standard InChI is InChI=1S/C25H24ClF3N2O4S/c1-15-5-8-22(35-4)23(12-15)36(33,34)31(19-10-16(2)9-17(3)11-19)14-24(32)30-18-6-7-21(26)20(13-18)25(27,28)29/h5-13H,14H2,1-4H3,(H,30,32). The zero-order valence-corrected chi connectivity index (χ0v) is 21.5. The van der Waals surface area contributed by atoms with E-state index in [-0.39, 0.29) is 22.0 Å². The van der Waals surface area contributed by atoms with Gasteiger partial charge in [0.25, 0.3) is 10.0 Å².